The number of benzene rings is 8. The Morgan fingerprint density at radius 2 is 0.982 bits per heavy atom. The van der Waals surface area contributed by atoms with E-state index in [1.807, 2.05) is 0 Å². The number of hydrogen-bond acceptors (Lipinski definition) is 2. The third-order valence-electron chi connectivity index (χ3n) is 12.6. The molecule has 14 rings (SSSR count). The number of hydrogen-bond donors (Lipinski definition) is 0. The Labute approximate surface area is 319 Å². The molecule has 0 aliphatic heterocycles. The summed E-state index contributed by atoms with van der Waals surface area (Å²) in [7, 11) is 0. The van der Waals surface area contributed by atoms with Crippen LogP contribution in [0.3, 0.4) is 0 Å². The van der Waals surface area contributed by atoms with Crippen LogP contribution in [0.25, 0.3) is 116 Å². The lowest BCUT2D eigenvalue weighted by molar-refractivity contribution is 0.936. The van der Waals surface area contributed by atoms with E-state index in [1.54, 1.807) is 0 Å². The molecule has 13 aromatic rings. The maximum Gasteiger partial charge on any atom is 0.237 e. The first-order valence-corrected chi connectivity index (χ1v) is 19.3. The SMILES string of the molecule is c1ccc2c(c1)Cc1c-2nc(-n2c3cc4ccccc4cc3c3cc4c5ccccc5n5c6ccccc6c(c32)c45)nc1-n1c2ccccc2c2ccccc21. The number of rotatable bonds is 2. The predicted octanol–water partition coefficient (Wildman–Crippen LogP) is 12.5. The van der Waals surface area contributed by atoms with Gasteiger partial charge in [0.15, 0.2) is 0 Å². The van der Waals surface area contributed by atoms with Gasteiger partial charge in [-0.05, 0) is 58.8 Å². The Morgan fingerprint density at radius 3 is 1.73 bits per heavy atom. The second-order valence-electron chi connectivity index (χ2n) is 15.3. The molecule has 0 atom stereocenters. The van der Waals surface area contributed by atoms with Crippen molar-refractivity contribution in [1.29, 1.82) is 0 Å². The molecule has 56 heavy (non-hydrogen) atoms. The fraction of sp³-hybridized carbons (Fsp3) is 0.0196. The first kappa shape index (κ1) is 28.9. The third-order valence-corrected chi connectivity index (χ3v) is 12.6. The molecule has 1 aliphatic carbocycles. The summed E-state index contributed by atoms with van der Waals surface area (Å²) in [6.45, 7) is 0. The first-order chi connectivity index (χ1) is 27.8. The highest BCUT2D eigenvalue weighted by Gasteiger charge is 2.30. The average molecular weight is 712 g/mol. The van der Waals surface area contributed by atoms with E-state index < -0.39 is 0 Å². The van der Waals surface area contributed by atoms with Gasteiger partial charge in [-0.3, -0.25) is 9.13 Å². The maximum atomic E-state index is 5.77. The van der Waals surface area contributed by atoms with E-state index in [4.69, 9.17) is 9.97 Å². The van der Waals surface area contributed by atoms with Crippen LogP contribution >= 0.6 is 0 Å². The molecule has 0 bridgehead atoms. The molecule has 5 heterocycles. The minimum Gasteiger partial charge on any atom is -0.308 e. The molecule has 8 aromatic carbocycles. The smallest absolute Gasteiger partial charge is 0.237 e. The van der Waals surface area contributed by atoms with Crippen molar-refractivity contribution in [2.75, 3.05) is 0 Å². The Morgan fingerprint density at radius 1 is 0.411 bits per heavy atom. The van der Waals surface area contributed by atoms with Crippen LogP contribution in [0.5, 0.6) is 0 Å². The Balaban J connectivity index is 1.22. The highest BCUT2D eigenvalue weighted by Crippen LogP contribution is 2.48. The minimum absolute atomic E-state index is 0.676. The van der Waals surface area contributed by atoms with Crippen LogP contribution in [0.1, 0.15) is 11.1 Å². The first-order valence-electron chi connectivity index (χ1n) is 19.3. The van der Waals surface area contributed by atoms with Gasteiger partial charge >= 0.3 is 0 Å². The second-order valence-corrected chi connectivity index (χ2v) is 15.3. The van der Waals surface area contributed by atoms with E-state index in [0.717, 1.165) is 45.6 Å². The Kier molecular flexibility index (Phi) is 5.25. The van der Waals surface area contributed by atoms with Crippen molar-refractivity contribution in [3.8, 4) is 23.0 Å². The van der Waals surface area contributed by atoms with E-state index in [9.17, 15) is 0 Å². The number of fused-ring (bicyclic) bond motifs is 17. The molecule has 1 aliphatic rings. The lowest BCUT2D eigenvalue weighted by atomic mass is 10.0. The molecule has 0 fully saturated rings. The molecule has 0 amide bonds. The van der Waals surface area contributed by atoms with E-state index in [1.165, 1.54) is 81.5 Å². The fourth-order valence-corrected chi connectivity index (χ4v) is 10.3. The van der Waals surface area contributed by atoms with Crippen molar-refractivity contribution in [2.45, 2.75) is 6.42 Å². The number of nitrogens with zero attached hydrogens (tertiary/aromatic N) is 5. The highest BCUT2D eigenvalue weighted by molar-refractivity contribution is 6.34. The van der Waals surface area contributed by atoms with Gasteiger partial charge in [0, 0.05) is 60.6 Å². The standard InChI is InChI=1S/C51H29N5/c1-2-14-30-27-45-37(25-29(30)13-1)39-28-38-35-19-7-9-21-41(35)54-44-24-12-8-20-36(44)46(48(38)54)49(39)56(45)51-52-47-32-16-4-3-15-31(32)26-40(47)50(53-51)55-42-22-10-5-17-33(42)34-18-6-11-23-43(34)55/h1-25,27-28H,26H2. The molecule has 0 radical (unpaired) electrons. The zero-order valence-corrected chi connectivity index (χ0v) is 30.0. The van der Waals surface area contributed by atoms with Crippen LogP contribution in [0, 0.1) is 0 Å². The lowest BCUT2D eigenvalue weighted by Crippen LogP contribution is -2.10. The summed E-state index contributed by atoms with van der Waals surface area (Å²) >= 11 is 0. The van der Waals surface area contributed by atoms with E-state index in [2.05, 4.69) is 177 Å². The van der Waals surface area contributed by atoms with Crippen molar-refractivity contribution < 1.29 is 0 Å². The Hall–Kier alpha value is -7.50. The largest absolute Gasteiger partial charge is 0.308 e. The topological polar surface area (TPSA) is 40.1 Å². The normalized spacial score (nSPS) is 12.9. The van der Waals surface area contributed by atoms with Crippen LogP contribution < -0.4 is 0 Å². The van der Waals surface area contributed by atoms with Crippen molar-refractivity contribution in [2.24, 2.45) is 0 Å². The van der Waals surface area contributed by atoms with Crippen molar-refractivity contribution in [1.82, 2.24) is 23.5 Å². The lowest BCUT2D eigenvalue weighted by Gasteiger charge is -2.16. The molecule has 0 unspecified atom stereocenters. The molecule has 0 N–H and O–H groups in total. The summed E-state index contributed by atoms with van der Waals surface area (Å²) in [6, 6.07) is 59.8. The quantitative estimate of drug-likeness (QED) is 0.179. The molecule has 5 nitrogen and oxygen atoms in total. The summed E-state index contributed by atoms with van der Waals surface area (Å²) in [4.78, 5) is 11.4. The van der Waals surface area contributed by atoms with Gasteiger partial charge < -0.3 is 4.40 Å². The van der Waals surface area contributed by atoms with Crippen molar-refractivity contribution >= 4 is 92.5 Å². The maximum absolute atomic E-state index is 5.77. The van der Waals surface area contributed by atoms with Crippen LogP contribution in [0.4, 0.5) is 0 Å². The van der Waals surface area contributed by atoms with E-state index in [0.29, 0.717) is 5.95 Å². The number of para-hydroxylation sites is 4. The highest BCUT2D eigenvalue weighted by atomic mass is 15.2. The predicted molar refractivity (Wildman–Crippen MR) is 231 cm³/mol. The summed E-state index contributed by atoms with van der Waals surface area (Å²) in [6.07, 6.45) is 0.777. The van der Waals surface area contributed by atoms with Crippen molar-refractivity contribution in [3.05, 3.63) is 175 Å². The molecule has 0 spiro atoms. The van der Waals surface area contributed by atoms with Crippen LogP contribution in [-0.2, 0) is 6.42 Å². The van der Waals surface area contributed by atoms with Gasteiger partial charge in [0.25, 0.3) is 0 Å². The average Bonchev–Trinajstić information content (AvgIpc) is 4.04. The Bertz CT molecular complexity index is 3800. The van der Waals surface area contributed by atoms with Gasteiger partial charge in [0.05, 0.1) is 44.3 Å². The van der Waals surface area contributed by atoms with Crippen LogP contribution in [0.15, 0.2) is 164 Å². The van der Waals surface area contributed by atoms with Gasteiger partial charge in [-0.25, -0.2) is 4.98 Å². The summed E-state index contributed by atoms with van der Waals surface area (Å²) < 4.78 is 7.24. The molecular formula is C51H29N5. The van der Waals surface area contributed by atoms with Gasteiger partial charge in [0.2, 0.25) is 5.95 Å². The second kappa shape index (κ2) is 10.2. The molecule has 258 valence electrons. The van der Waals surface area contributed by atoms with Gasteiger partial charge in [-0.1, -0.05) is 121 Å². The van der Waals surface area contributed by atoms with Crippen molar-refractivity contribution in [3.63, 3.8) is 0 Å². The van der Waals surface area contributed by atoms with Gasteiger partial charge in [-0.2, -0.15) is 4.98 Å². The molecule has 5 heteroatoms. The van der Waals surface area contributed by atoms with Gasteiger partial charge in [0.1, 0.15) is 5.82 Å². The molecule has 0 saturated carbocycles. The summed E-state index contributed by atoms with van der Waals surface area (Å²) in [5.41, 5.74) is 12.8. The molecule has 5 aromatic heterocycles. The van der Waals surface area contributed by atoms with Gasteiger partial charge in [-0.15, -0.1) is 0 Å². The summed E-state index contributed by atoms with van der Waals surface area (Å²) in [5.74, 6) is 1.61. The van der Waals surface area contributed by atoms with Crippen LogP contribution in [-0.4, -0.2) is 23.5 Å². The monoisotopic (exact) mass is 711 g/mol. The third kappa shape index (κ3) is 3.47. The zero-order chi connectivity index (χ0) is 36.2. The number of aromatic nitrogens is 5. The summed E-state index contributed by atoms with van der Waals surface area (Å²) in [5, 5.41) is 12.2. The zero-order valence-electron chi connectivity index (χ0n) is 30.0. The van der Waals surface area contributed by atoms with E-state index in [-0.39, 0.29) is 0 Å². The minimum atomic E-state index is 0.676. The fourth-order valence-electron chi connectivity index (χ4n) is 10.3. The van der Waals surface area contributed by atoms with E-state index >= 15 is 0 Å². The molecule has 0 saturated heterocycles. The molecular weight excluding hydrogens is 683 g/mol. The van der Waals surface area contributed by atoms with Crippen LogP contribution in [0.2, 0.25) is 0 Å².